The molecule has 0 unspecified atom stereocenters. The van der Waals surface area contributed by atoms with Gasteiger partial charge in [0.2, 0.25) is 0 Å². The van der Waals surface area contributed by atoms with E-state index in [1.54, 1.807) is 36.4 Å². The molecule has 0 aliphatic carbocycles. The zero-order valence-electron chi connectivity index (χ0n) is 6.66. The minimum absolute atomic E-state index is 0.0715. The van der Waals surface area contributed by atoms with Gasteiger partial charge in [0.1, 0.15) is 17.7 Å². The Labute approximate surface area is 81.3 Å². The first-order valence-corrected chi connectivity index (χ1v) is 3.91. The summed E-state index contributed by atoms with van der Waals surface area (Å²) in [6.07, 6.45) is 1.49. The summed E-state index contributed by atoms with van der Waals surface area (Å²) in [4.78, 5) is 0. The van der Waals surface area contributed by atoms with E-state index < -0.39 is 0 Å². The van der Waals surface area contributed by atoms with Gasteiger partial charge in [0.05, 0.1) is 0 Å². The van der Waals surface area contributed by atoms with Crippen molar-refractivity contribution in [3.8, 4) is 12.1 Å². The molecular weight excluding hydrogens is 184 g/mol. The highest BCUT2D eigenvalue weighted by atomic mass is 35.5. The predicted molar refractivity (Wildman–Crippen MR) is 50.7 cm³/mol. The highest BCUT2D eigenvalue weighted by Gasteiger charge is 1.94. The van der Waals surface area contributed by atoms with Crippen LogP contribution in [0.1, 0.15) is 5.56 Å². The third-order valence-electron chi connectivity index (χ3n) is 1.40. The van der Waals surface area contributed by atoms with Crippen molar-refractivity contribution < 1.29 is 0 Å². The highest BCUT2D eigenvalue weighted by Crippen LogP contribution is 2.13. The van der Waals surface area contributed by atoms with E-state index in [0.29, 0.717) is 5.02 Å². The van der Waals surface area contributed by atoms with Crippen LogP contribution in [0.15, 0.2) is 29.8 Å². The van der Waals surface area contributed by atoms with Gasteiger partial charge in [-0.1, -0.05) is 23.7 Å². The minimum atomic E-state index is 0.0715. The number of benzene rings is 1. The van der Waals surface area contributed by atoms with Gasteiger partial charge in [0.25, 0.3) is 0 Å². The van der Waals surface area contributed by atoms with Crippen molar-refractivity contribution in [3.63, 3.8) is 0 Å². The molecular formula is C10H5ClN2. The van der Waals surface area contributed by atoms with Crippen LogP contribution >= 0.6 is 11.6 Å². The van der Waals surface area contributed by atoms with Crippen molar-refractivity contribution in [1.82, 2.24) is 0 Å². The first kappa shape index (κ1) is 9.32. The first-order chi connectivity index (χ1) is 6.26. The Morgan fingerprint density at radius 2 is 2.00 bits per heavy atom. The summed E-state index contributed by atoms with van der Waals surface area (Å²) < 4.78 is 0. The maximum absolute atomic E-state index is 8.48. The molecule has 0 spiro atoms. The molecule has 0 radical (unpaired) electrons. The van der Waals surface area contributed by atoms with E-state index in [9.17, 15) is 0 Å². The lowest BCUT2D eigenvalue weighted by atomic mass is 10.1. The molecule has 1 rings (SSSR count). The van der Waals surface area contributed by atoms with Gasteiger partial charge in [0, 0.05) is 5.02 Å². The Bertz CT molecular complexity index is 405. The fraction of sp³-hybridized carbons (Fsp3) is 0. The van der Waals surface area contributed by atoms with Gasteiger partial charge >= 0.3 is 0 Å². The van der Waals surface area contributed by atoms with Crippen molar-refractivity contribution in [3.05, 3.63) is 40.4 Å². The quantitative estimate of drug-likeness (QED) is 0.637. The summed E-state index contributed by atoms with van der Waals surface area (Å²) in [7, 11) is 0. The molecule has 13 heavy (non-hydrogen) atoms. The Morgan fingerprint density at radius 3 is 2.54 bits per heavy atom. The van der Waals surface area contributed by atoms with E-state index >= 15 is 0 Å². The van der Waals surface area contributed by atoms with E-state index in [1.807, 2.05) is 0 Å². The summed E-state index contributed by atoms with van der Waals surface area (Å²) in [6, 6.07) is 10.5. The standard InChI is InChI=1S/C10H5ClN2/c11-10-3-1-2-8(5-10)4-9(6-12)7-13/h1-5H. The van der Waals surface area contributed by atoms with E-state index in [0.717, 1.165) is 5.56 Å². The lowest BCUT2D eigenvalue weighted by Crippen LogP contribution is -1.75. The number of hydrogen-bond donors (Lipinski definition) is 0. The number of allylic oxidation sites excluding steroid dienone is 1. The topological polar surface area (TPSA) is 47.6 Å². The zero-order chi connectivity index (χ0) is 9.68. The number of halogens is 1. The molecule has 0 heterocycles. The molecule has 0 fully saturated rings. The lowest BCUT2D eigenvalue weighted by Gasteiger charge is -1.92. The third-order valence-corrected chi connectivity index (χ3v) is 1.64. The van der Waals surface area contributed by atoms with Crippen LogP contribution in [-0.4, -0.2) is 0 Å². The van der Waals surface area contributed by atoms with Crippen LogP contribution in [0, 0.1) is 22.7 Å². The fourth-order valence-corrected chi connectivity index (χ4v) is 1.05. The number of rotatable bonds is 1. The van der Waals surface area contributed by atoms with Crippen LogP contribution in [0.25, 0.3) is 6.08 Å². The molecule has 3 heteroatoms. The smallest absolute Gasteiger partial charge is 0.130 e. The number of nitrogens with zero attached hydrogens (tertiary/aromatic N) is 2. The van der Waals surface area contributed by atoms with Crippen LogP contribution in [-0.2, 0) is 0 Å². The van der Waals surface area contributed by atoms with Crippen molar-refractivity contribution in [2.75, 3.05) is 0 Å². The van der Waals surface area contributed by atoms with E-state index in [2.05, 4.69) is 0 Å². The van der Waals surface area contributed by atoms with Gasteiger partial charge in [0.15, 0.2) is 0 Å². The summed E-state index contributed by atoms with van der Waals surface area (Å²) in [5.74, 6) is 0. The molecule has 2 nitrogen and oxygen atoms in total. The van der Waals surface area contributed by atoms with Crippen molar-refractivity contribution in [2.45, 2.75) is 0 Å². The van der Waals surface area contributed by atoms with Gasteiger partial charge in [-0.25, -0.2) is 0 Å². The third kappa shape index (κ3) is 2.63. The Morgan fingerprint density at radius 1 is 1.31 bits per heavy atom. The molecule has 1 aromatic carbocycles. The molecule has 0 bridgehead atoms. The molecule has 62 valence electrons. The van der Waals surface area contributed by atoms with Gasteiger partial charge in [-0.3, -0.25) is 0 Å². The zero-order valence-corrected chi connectivity index (χ0v) is 7.42. The molecule has 0 aliphatic heterocycles. The van der Waals surface area contributed by atoms with Crippen molar-refractivity contribution >= 4 is 17.7 Å². The highest BCUT2D eigenvalue weighted by molar-refractivity contribution is 6.30. The van der Waals surface area contributed by atoms with Crippen LogP contribution < -0.4 is 0 Å². The average molecular weight is 189 g/mol. The van der Waals surface area contributed by atoms with Crippen LogP contribution in [0.4, 0.5) is 0 Å². The van der Waals surface area contributed by atoms with Gasteiger partial charge in [-0.15, -0.1) is 0 Å². The second-order valence-electron chi connectivity index (χ2n) is 2.34. The maximum Gasteiger partial charge on any atom is 0.130 e. The molecule has 0 atom stereocenters. The minimum Gasteiger partial charge on any atom is -0.192 e. The van der Waals surface area contributed by atoms with E-state index in [1.165, 1.54) is 6.08 Å². The van der Waals surface area contributed by atoms with E-state index in [-0.39, 0.29) is 5.57 Å². The van der Waals surface area contributed by atoms with Gasteiger partial charge in [-0.05, 0) is 23.8 Å². The SMILES string of the molecule is N#CC(C#N)=Cc1cccc(Cl)c1. The van der Waals surface area contributed by atoms with Crippen molar-refractivity contribution in [1.29, 1.82) is 10.5 Å². The summed E-state index contributed by atoms with van der Waals surface area (Å²) in [5, 5.41) is 17.6. The molecule has 0 aliphatic rings. The van der Waals surface area contributed by atoms with Crippen LogP contribution in [0.3, 0.4) is 0 Å². The Balaban J connectivity index is 3.06. The number of hydrogen-bond acceptors (Lipinski definition) is 2. The largest absolute Gasteiger partial charge is 0.192 e. The van der Waals surface area contributed by atoms with Crippen LogP contribution in [0.2, 0.25) is 5.02 Å². The molecule has 0 aromatic heterocycles. The van der Waals surface area contributed by atoms with Gasteiger partial charge in [-0.2, -0.15) is 10.5 Å². The first-order valence-electron chi connectivity index (χ1n) is 3.53. The summed E-state index contributed by atoms with van der Waals surface area (Å²) in [5.41, 5.74) is 0.827. The van der Waals surface area contributed by atoms with Gasteiger partial charge < -0.3 is 0 Å². The lowest BCUT2D eigenvalue weighted by molar-refractivity contribution is 1.47. The number of nitriles is 2. The molecule has 1 aromatic rings. The average Bonchev–Trinajstić information content (AvgIpc) is 2.14. The maximum atomic E-state index is 8.48. The predicted octanol–water partition coefficient (Wildman–Crippen LogP) is 2.77. The summed E-state index contributed by atoms with van der Waals surface area (Å²) >= 11 is 5.72. The molecule has 0 N–H and O–H groups in total. The molecule has 0 saturated heterocycles. The second kappa shape index (κ2) is 4.30. The monoisotopic (exact) mass is 188 g/mol. The molecule has 0 saturated carbocycles. The van der Waals surface area contributed by atoms with Crippen molar-refractivity contribution in [2.24, 2.45) is 0 Å². The summed E-state index contributed by atoms with van der Waals surface area (Å²) in [6.45, 7) is 0. The van der Waals surface area contributed by atoms with E-state index in [4.69, 9.17) is 22.1 Å². The normalized spacial score (nSPS) is 8.23. The Kier molecular flexibility index (Phi) is 3.09. The second-order valence-corrected chi connectivity index (χ2v) is 2.77. The Hall–Kier alpha value is -1.77. The fourth-order valence-electron chi connectivity index (χ4n) is 0.853. The van der Waals surface area contributed by atoms with Crippen LogP contribution in [0.5, 0.6) is 0 Å². The molecule has 0 amide bonds.